The Morgan fingerprint density at radius 2 is 2.03 bits per heavy atom. The van der Waals surface area contributed by atoms with Crippen molar-refractivity contribution in [2.24, 2.45) is 0 Å². The smallest absolute Gasteiger partial charge is 0.269 e. The number of nitrogens with one attached hydrogen (secondary N) is 2. The molecule has 2 N–H and O–H groups in total. The fourth-order valence-electron chi connectivity index (χ4n) is 2.97. The lowest BCUT2D eigenvalue weighted by atomic mass is 10.1. The van der Waals surface area contributed by atoms with E-state index in [4.69, 9.17) is 9.15 Å². The second-order valence-corrected chi connectivity index (χ2v) is 6.38. The molecule has 0 fully saturated rings. The molecule has 0 saturated carbocycles. The van der Waals surface area contributed by atoms with Gasteiger partial charge in [0.15, 0.2) is 5.76 Å². The minimum atomic E-state index is -0.334. The highest BCUT2D eigenvalue weighted by Crippen LogP contribution is 2.28. The first-order valence-corrected chi connectivity index (χ1v) is 9.25. The van der Waals surface area contributed by atoms with Crippen LogP contribution in [0.2, 0.25) is 0 Å². The number of para-hydroxylation sites is 1. The van der Waals surface area contributed by atoms with Crippen LogP contribution in [0, 0.1) is 0 Å². The maximum Gasteiger partial charge on any atom is 0.269 e. The van der Waals surface area contributed by atoms with Crippen LogP contribution in [0.4, 0.5) is 0 Å². The highest BCUT2D eigenvalue weighted by Gasteiger charge is 2.13. The molecule has 1 aromatic carbocycles. The van der Waals surface area contributed by atoms with E-state index in [1.165, 1.54) is 17.0 Å². The van der Waals surface area contributed by atoms with Crippen molar-refractivity contribution in [3.05, 3.63) is 76.9 Å². The summed E-state index contributed by atoms with van der Waals surface area (Å²) >= 11 is 0. The Morgan fingerprint density at radius 3 is 2.83 bits per heavy atom. The molecule has 0 unspecified atom stereocenters. The van der Waals surface area contributed by atoms with Crippen molar-refractivity contribution >= 4 is 5.91 Å². The van der Waals surface area contributed by atoms with Crippen LogP contribution in [0.25, 0.3) is 22.7 Å². The van der Waals surface area contributed by atoms with Crippen LogP contribution in [-0.2, 0) is 6.54 Å². The maximum absolute atomic E-state index is 12.4. The predicted molar refractivity (Wildman–Crippen MR) is 109 cm³/mol. The van der Waals surface area contributed by atoms with Gasteiger partial charge in [-0.15, -0.1) is 0 Å². The van der Waals surface area contributed by atoms with Crippen LogP contribution in [0.1, 0.15) is 10.5 Å². The summed E-state index contributed by atoms with van der Waals surface area (Å²) in [4.78, 5) is 24.5. The number of aromatic nitrogens is 4. The van der Waals surface area contributed by atoms with Crippen molar-refractivity contribution in [1.29, 1.82) is 0 Å². The van der Waals surface area contributed by atoms with Gasteiger partial charge in [0.1, 0.15) is 17.1 Å². The molecule has 0 bridgehead atoms. The number of carbonyl (C=O) groups excluding carboxylic acids is 1. The van der Waals surface area contributed by atoms with Gasteiger partial charge in [0.05, 0.1) is 25.6 Å². The molecule has 4 rings (SSSR count). The number of carbonyl (C=O) groups is 1. The highest BCUT2D eigenvalue weighted by molar-refractivity contribution is 5.93. The van der Waals surface area contributed by atoms with Gasteiger partial charge in [-0.05, 0) is 36.4 Å². The second kappa shape index (κ2) is 8.48. The number of hydrogen-bond acceptors (Lipinski definition) is 6. The van der Waals surface area contributed by atoms with Gasteiger partial charge < -0.3 is 14.5 Å². The number of amides is 1. The third-order valence-electron chi connectivity index (χ3n) is 4.45. The van der Waals surface area contributed by atoms with Crippen molar-refractivity contribution < 1.29 is 13.9 Å². The van der Waals surface area contributed by atoms with Crippen molar-refractivity contribution in [2.45, 2.75) is 6.54 Å². The average Bonchev–Trinajstić information content (AvgIpc) is 3.47. The van der Waals surface area contributed by atoms with Crippen molar-refractivity contribution in [2.75, 3.05) is 13.7 Å². The zero-order valence-electron chi connectivity index (χ0n) is 16.2. The van der Waals surface area contributed by atoms with Crippen LogP contribution in [-0.4, -0.2) is 39.5 Å². The molecule has 0 aliphatic rings. The zero-order valence-corrected chi connectivity index (χ0v) is 16.2. The molecule has 0 spiro atoms. The Bertz CT molecular complexity index is 1210. The monoisotopic (exact) mass is 405 g/mol. The molecule has 9 nitrogen and oxygen atoms in total. The van der Waals surface area contributed by atoms with Crippen molar-refractivity contribution in [3.63, 3.8) is 0 Å². The predicted octanol–water partition coefficient (Wildman–Crippen LogP) is 2.33. The van der Waals surface area contributed by atoms with E-state index in [2.05, 4.69) is 20.6 Å². The summed E-state index contributed by atoms with van der Waals surface area (Å²) in [5.74, 6) is 0.894. The van der Waals surface area contributed by atoms with Gasteiger partial charge in [0.2, 0.25) is 0 Å². The molecule has 30 heavy (non-hydrogen) atoms. The summed E-state index contributed by atoms with van der Waals surface area (Å²) < 4.78 is 11.9. The minimum absolute atomic E-state index is 0.215. The number of H-pyrrole nitrogens is 1. The summed E-state index contributed by atoms with van der Waals surface area (Å²) in [5, 5.41) is 14.0. The minimum Gasteiger partial charge on any atom is -0.496 e. The molecular weight excluding hydrogens is 386 g/mol. The molecule has 0 atom stereocenters. The van der Waals surface area contributed by atoms with Gasteiger partial charge in [0, 0.05) is 18.2 Å². The summed E-state index contributed by atoms with van der Waals surface area (Å²) in [6.07, 6.45) is 1.54. The summed E-state index contributed by atoms with van der Waals surface area (Å²) in [5.41, 5.74) is 1.96. The number of furan rings is 1. The Hall–Kier alpha value is -4.14. The third-order valence-corrected chi connectivity index (χ3v) is 4.45. The number of nitrogens with zero attached hydrogens (tertiary/aromatic N) is 3. The average molecular weight is 405 g/mol. The number of aromatic amines is 1. The summed E-state index contributed by atoms with van der Waals surface area (Å²) in [6, 6.07) is 15.6. The molecule has 3 heterocycles. The molecule has 1 amide bonds. The molecular formula is C21H19N5O4. The van der Waals surface area contributed by atoms with Crippen LogP contribution < -0.4 is 15.6 Å². The molecule has 3 aromatic heterocycles. The number of ether oxygens (including phenoxy) is 1. The normalized spacial score (nSPS) is 10.7. The topological polar surface area (TPSA) is 115 Å². The lowest BCUT2D eigenvalue weighted by Gasteiger charge is -2.07. The second-order valence-electron chi connectivity index (χ2n) is 6.38. The Kier molecular flexibility index (Phi) is 5.42. The first-order chi connectivity index (χ1) is 14.7. The maximum atomic E-state index is 12.4. The van der Waals surface area contributed by atoms with Crippen LogP contribution in [0.15, 0.2) is 70.1 Å². The lowest BCUT2D eigenvalue weighted by Crippen LogP contribution is -2.32. The van der Waals surface area contributed by atoms with E-state index in [1.54, 1.807) is 31.4 Å². The Morgan fingerprint density at radius 1 is 1.17 bits per heavy atom. The van der Waals surface area contributed by atoms with Crippen molar-refractivity contribution in [3.8, 4) is 28.5 Å². The molecule has 0 aliphatic carbocycles. The van der Waals surface area contributed by atoms with E-state index < -0.39 is 0 Å². The number of hydrogen-bond donors (Lipinski definition) is 2. The number of methoxy groups -OCH3 is 1. The van der Waals surface area contributed by atoms with E-state index in [0.717, 1.165) is 5.56 Å². The zero-order chi connectivity index (χ0) is 20.9. The van der Waals surface area contributed by atoms with E-state index >= 15 is 0 Å². The first-order valence-electron chi connectivity index (χ1n) is 9.25. The number of rotatable bonds is 7. The quantitative estimate of drug-likeness (QED) is 0.488. The largest absolute Gasteiger partial charge is 0.496 e. The SMILES string of the molecule is COc1ccccc1-c1cc(C(=O)NCCn2nc(-c3ccco3)ccc2=O)[nH]n1. The molecule has 0 radical (unpaired) electrons. The van der Waals surface area contributed by atoms with Crippen LogP contribution in [0.3, 0.4) is 0 Å². The van der Waals surface area contributed by atoms with Gasteiger partial charge in [-0.2, -0.15) is 10.2 Å². The van der Waals surface area contributed by atoms with E-state index in [-0.39, 0.29) is 24.6 Å². The van der Waals surface area contributed by atoms with Gasteiger partial charge in [-0.3, -0.25) is 14.7 Å². The lowest BCUT2D eigenvalue weighted by molar-refractivity contribution is 0.0946. The van der Waals surface area contributed by atoms with E-state index in [0.29, 0.717) is 28.6 Å². The third kappa shape index (κ3) is 4.00. The fraction of sp³-hybridized carbons (Fsp3) is 0.143. The highest BCUT2D eigenvalue weighted by atomic mass is 16.5. The Labute approximate surface area is 171 Å². The molecule has 152 valence electrons. The van der Waals surface area contributed by atoms with Gasteiger partial charge in [-0.1, -0.05) is 12.1 Å². The van der Waals surface area contributed by atoms with Gasteiger partial charge >= 0.3 is 0 Å². The van der Waals surface area contributed by atoms with E-state index in [1.807, 2.05) is 24.3 Å². The molecule has 4 aromatic rings. The van der Waals surface area contributed by atoms with Crippen LogP contribution >= 0.6 is 0 Å². The molecule has 9 heteroatoms. The summed E-state index contributed by atoms with van der Waals surface area (Å²) in [6.45, 7) is 0.434. The van der Waals surface area contributed by atoms with E-state index in [9.17, 15) is 9.59 Å². The first kappa shape index (κ1) is 19.2. The summed E-state index contributed by atoms with van der Waals surface area (Å²) in [7, 11) is 1.58. The standard InChI is InChI=1S/C21H19N5O4/c1-29-18-6-3-2-5-14(18)16-13-17(24-23-16)21(28)22-10-11-26-20(27)9-8-15(25-26)19-7-4-12-30-19/h2-9,12-13H,10-11H2,1H3,(H,22,28)(H,23,24). The fourth-order valence-corrected chi connectivity index (χ4v) is 2.97. The van der Waals surface area contributed by atoms with Gasteiger partial charge in [-0.25, -0.2) is 4.68 Å². The van der Waals surface area contributed by atoms with Gasteiger partial charge in [0.25, 0.3) is 11.5 Å². The molecule has 0 saturated heterocycles. The Balaban J connectivity index is 1.41. The molecule has 0 aliphatic heterocycles. The number of benzene rings is 1. The van der Waals surface area contributed by atoms with Crippen molar-refractivity contribution in [1.82, 2.24) is 25.3 Å². The van der Waals surface area contributed by atoms with Crippen LogP contribution in [0.5, 0.6) is 5.75 Å².